The van der Waals surface area contributed by atoms with E-state index < -0.39 is 23.5 Å². The van der Waals surface area contributed by atoms with E-state index in [1.165, 1.54) is 19.1 Å². The van der Waals surface area contributed by atoms with Gasteiger partial charge in [-0.3, -0.25) is 0 Å². The molecule has 100 valence electrons. The lowest BCUT2D eigenvalue weighted by molar-refractivity contribution is -0.137. The molecule has 1 fully saturated rings. The fourth-order valence-electron chi connectivity index (χ4n) is 2.35. The zero-order chi connectivity index (χ0) is 13.4. The molecule has 0 aromatic heterocycles. The van der Waals surface area contributed by atoms with Gasteiger partial charge in [-0.25, -0.2) is 4.39 Å². The van der Waals surface area contributed by atoms with Crippen LogP contribution < -0.4 is 5.32 Å². The molecule has 0 spiro atoms. The van der Waals surface area contributed by atoms with Gasteiger partial charge >= 0.3 is 6.18 Å². The van der Waals surface area contributed by atoms with E-state index in [0.29, 0.717) is 13.0 Å². The van der Waals surface area contributed by atoms with Crippen LogP contribution in [0.5, 0.6) is 0 Å². The first kappa shape index (κ1) is 13.3. The third kappa shape index (κ3) is 2.51. The Kier molecular flexibility index (Phi) is 3.36. The number of nitrogens with one attached hydrogen (secondary N) is 1. The van der Waals surface area contributed by atoms with Crippen molar-refractivity contribution in [3.05, 3.63) is 35.4 Å². The minimum atomic E-state index is -4.44. The molecular formula is C13H15F4N. The van der Waals surface area contributed by atoms with Gasteiger partial charge in [0.1, 0.15) is 5.67 Å². The predicted molar refractivity (Wildman–Crippen MR) is 60.9 cm³/mol. The maximum absolute atomic E-state index is 14.7. The van der Waals surface area contributed by atoms with Crippen LogP contribution in [0, 0.1) is 0 Å². The van der Waals surface area contributed by atoms with Crippen molar-refractivity contribution in [1.82, 2.24) is 5.32 Å². The molecule has 1 aliphatic rings. The Hall–Kier alpha value is -1.10. The predicted octanol–water partition coefficient (Wildman–Crippen LogP) is 3.64. The molecule has 0 bridgehead atoms. The normalized spacial score (nSPS) is 23.9. The van der Waals surface area contributed by atoms with Crippen molar-refractivity contribution in [1.29, 1.82) is 0 Å². The van der Waals surface area contributed by atoms with E-state index in [4.69, 9.17) is 0 Å². The van der Waals surface area contributed by atoms with Gasteiger partial charge in [-0.15, -0.1) is 0 Å². The number of benzene rings is 1. The summed E-state index contributed by atoms with van der Waals surface area (Å²) >= 11 is 0. The molecule has 0 aliphatic carbocycles. The zero-order valence-corrected chi connectivity index (χ0v) is 10.0. The first-order chi connectivity index (χ1) is 8.32. The molecule has 0 saturated carbocycles. The number of rotatable bonds is 2. The van der Waals surface area contributed by atoms with Gasteiger partial charge in [0, 0.05) is 6.04 Å². The van der Waals surface area contributed by atoms with Gasteiger partial charge < -0.3 is 5.32 Å². The van der Waals surface area contributed by atoms with Crippen molar-refractivity contribution >= 4 is 0 Å². The number of alkyl halides is 4. The fraction of sp³-hybridized carbons (Fsp3) is 0.538. The topological polar surface area (TPSA) is 12.0 Å². The van der Waals surface area contributed by atoms with Crippen LogP contribution in [0.3, 0.4) is 0 Å². The van der Waals surface area contributed by atoms with Gasteiger partial charge in [-0.2, -0.15) is 13.2 Å². The highest BCUT2D eigenvalue weighted by molar-refractivity contribution is 5.31. The summed E-state index contributed by atoms with van der Waals surface area (Å²) in [5.41, 5.74) is -2.50. The van der Waals surface area contributed by atoms with Crippen LogP contribution in [0.1, 0.15) is 30.9 Å². The van der Waals surface area contributed by atoms with Gasteiger partial charge in [0.05, 0.1) is 5.56 Å². The number of halogens is 4. The van der Waals surface area contributed by atoms with Crippen molar-refractivity contribution in [2.75, 3.05) is 6.54 Å². The van der Waals surface area contributed by atoms with Crippen molar-refractivity contribution < 1.29 is 17.6 Å². The highest BCUT2D eigenvalue weighted by atomic mass is 19.4. The summed E-state index contributed by atoms with van der Waals surface area (Å²) in [6.45, 7) is 2.05. The van der Waals surface area contributed by atoms with Gasteiger partial charge in [-0.1, -0.05) is 12.1 Å². The summed E-state index contributed by atoms with van der Waals surface area (Å²) in [6, 6.07) is 4.11. The van der Waals surface area contributed by atoms with E-state index in [9.17, 15) is 17.6 Å². The first-order valence-corrected chi connectivity index (χ1v) is 5.92. The van der Waals surface area contributed by atoms with Crippen LogP contribution in [0.25, 0.3) is 0 Å². The second-order valence-electron chi connectivity index (χ2n) is 4.80. The zero-order valence-electron chi connectivity index (χ0n) is 10.0. The van der Waals surface area contributed by atoms with Crippen LogP contribution in [0.2, 0.25) is 0 Å². The second-order valence-corrected chi connectivity index (χ2v) is 4.80. The Morgan fingerprint density at radius 1 is 1.17 bits per heavy atom. The molecule has 1 aromatic carbocycles. The van der Waals surface area contributed by atoms with Crippen molar-refractivity contribution in [2.45, 2.75) is 37.7 Å². The molecule has 0 radical (unpaired) electrons. The molecule has 5 heteroatoms. The molecule has 1 aromatic rings. The SMILES string of the molecule is CC(F)(c1cccc(C(F)(F)F)c1)C1CCCN1. The first-order valence-electron chi connectivity index (χ1n) is 5.92. The van der Waals surface area contributed by atoms with E-state index >= 15 is 0 Å². The van der Waals surface area contributed by atoms with Gasteiger partial charge in [0.15, 0.2) is 0 Å². The molecular weight excluding hydrogens is 246 g/mol. The molecule has 1 nitrogen and oxygen atoms in total. The molecule has 18 heavy (non-hydrogen) atoms. The standard InChI is InChI=1S/C13H15F4N/c1-12(14,11-6-3-7-18-11)9-4-2-5-10(8-9)13(15,16)17/h2,4-5,8,11,18H,3,6-7H2,1H3. The molecule has 2 atom stereocenters. The largest absolute Gasteiger partial charge is 0.416 e. The van der Waals surface area contributed by atoms with Gasteiger partial charge in [-0.05, 0) is 44.0 Å². The second kappa shape index (κ2) is 4.53. The minimum absolute atomic E-state index is 0.0803. The lowest BCUT2D eigenvalue weighted by Crippen LogP contribution is -2.39. The van der Waals surface area contributed by atoms with Gasteiger partial charge in [0.25, 0.3) is 0 Å². The van der Waals surface area contributed by atoms with E-state index in [1.807, 2.05) is 0 Å². The average Bonchev–Trinajstić information content (AvgIpc) is 2.82. The maximum atomic E-state index is 14.7. The fourth-order valence-corrected chi connectivity index (χ4v) is 2.35. The average molecular weight is 261 g/mol. The summed E-state index contributed by atoms with van der Waals surface area (Å²) in [7, 11) is 0. The smallest absolute Gasteiger partial charge is 0.311 e. The Morgan fingerprint density at radius 3 is 2.39 bits per heavy atom. The highest BCUT2D eigenvalue weighted by Crippen LogP contribution is 2.37. The van der Waals surface area contributed by atoms with Crippen LogP contribution in [-0.4, -0.2) is 12.6 Å². The van der Waals surface area contributed by atoms with E-state index in [-0.39, 0.29) is 5.56 Å². The maximum Gasteiger partial charge on any atom is 0.416 e. The van der Waals surface area contributed by atoms with Gasteiger partial charge in [0.2, 0.25) is 0 Å². The van der Waals surface area contributed by atoms with E-state index in [0.717, 1.165) is 18.6 Å². The van der Waals surface area contributed by atoms with Crippen molar-refractivity contribution in [3.8, 4) is 0 Å². The Labute approximate surface area is 103 Å². The summed E-state index contributed by atoms with van der Waals surface area (Å²) in [5.74, 6) is 0. The molecule has 1 saturated heterocycles. The Bertz CT molecular complexity index is 419. The third-order valence-electron chi connectivity index (χ3n) is 3.47. The minimum Gasteiger partial charge on any atom is -0.311 e. The van der Waals surface area contributed by atoms with Crippen LogP contribution >= 0.6 is 0 Å². The van der Waals surface area contributed by atoms with Crippen LogP contribution in [0.4, 0.5) is 17.6 Å². The Balaban J connectivity index is 2.32. The quantitative estimate of drug-likeness (QED) is 0.801. The molecule has 2 unspecified atom stereocenters. The lowest BCUT2D eigenvalue weighted by Gasteiger charge is -2.28. The highest BCUT2D eigenvalue weighted by Gasteiger charge is 2.39. The molecule has 1 N–H and O–H groups in total. The number of hydrogen-bond donors (Lipinski definition) is 1. The summed E-state index contributed by atoms with van der Waals surface area (Å²) in [5, 5.41) is 3.00. The van der Waals surface area contributed by atoms with E-state index in [1.54, 1.807) is 0 Å². The summed E-state index contributed by atoms with van der Waals surface area (Å²) in [6.07, 6.45) is -2.94. The van der Waals surface area contributed by atoms with Crippen molar-refractivity contribution in [2.24, 2.45) is 0 Å². The van der Waals surface area contributed by atoms with Crippen LogP contribution in [-0.2, 0) is 11.8 Å². The lowest BCUT2D eigenvalue weighted by atomic mass is 9.88. The molecule has 1 aliphatic heterocycles. The summed E-state index contributed by atoms with van der Waals surface area (Å²) < 4.78 is 52.5. The van der Waals surface area contributed by atoms with Crippen LogP contribution in [0.15, 0.2) is 24.3 Å². The van der Waals surface area contributed by atoms with Crippen molar-refractivity contribution in [3.63, 3.8) is 0 Å². The van der Waals surface area contributed by atoms with E-state index in [2.05, 4.69) is 5.32 Å². The molecule has 0 amide bonds. The monoisotopic (exact) mass is 261 g/mol. The summed E-state index contributed by atoms with van der Waals surface area (Å²) in [4.78, 5) is 0. The molecule has 1 heterocycles. The Morgan fingerprint density at radius 2 is 1.83 bits per heavy atom. The third-order valence-corrected chi connectivity index (χ3v) is 3.47. The molecule has 2 rings (SSSR count). The number of hydrogen-bond acceptors (Lipinski definition) is 1.